The van der Waals surface area contributed by atoms with E-state index in [1.807, 2.05) is 6.92 Å². The van der Waals surface area contributed by atoms with E-state index in [9.17, 15) is 13.2 Å². The number of ether oxygens (including phenoxy) is 2. The number of hydrogen-bond acceptors (Lipinski definition) is 3. The van der Waals surface area contributed by atoms with Crippen molar-refractivity contribution in [3.8, 4) is 0 Å². The zero-order valence-corrected chi connectivity index (χ0v) is 10.4. The van der Waals surface area contributed by atoms with E-state index in [0.717, 1.165) is 19.9 Å². The predicted octanol–water partition coefficient (Wildman–Crippen LogP) is 2.11. The van der Waals surface area contributed by atoms with E-state index in [-0.39, 0.29) is 12.1 Å². The highest BCUT2D eigenvalue weighted by Crippen LogP contribution is 2.32. The van der Waals surface area contributed by atoms with E-state index in [0.29, 0.717) is 6.42 Å². The Balaban J connectivity index is 2.37. The summed E-state index contributed by atoms with van der Waals surface area (Å²) in [6.45, 7) is 3.90. The quantitative estimate of drug-likeness (QED) is 0.788. The van der Waals surface area contributed by atoms with Gasteiger partial charge in [-0.15, -0.1) is 0 Å². The van der Waals surface area contributed by atoms with Crippen LogP contribution < -0.4 is 5.32 Å². The minimum Gasteiger partial charge on any atom is -0.377 e. The van der Waals surface area contributed by atoms with Gasteiger partial charge in [0.25, 0.3) is 0 Å². The monoisotopic (exact) mass is 255 g/mol. The maximum atomic E-state index is 12.3. The lowest BCUT2D eigenvalue weighted by Crippen LogP contribution is -2.61. The number of rotatable bonds is 6. The molecule has 0 spiro atoms. The van der Waals surface area contributed by atoms with Crippen molar-refractivity contribution in [3.63, 3.8) is 0 Å². The smallest absolute Gasteiger partial charge is 0.377 e. The van der Waals surface area contributed by atoms with Gasteiger partial charge in [0.1, 0.15) is 0 Å². The fourth-order valence-corrected chi connectivity index (χ4v) is 1.90. The van der Waals surface area contributed by atoms with E-state index in [1.165, 1.54) is 7.11 Å². The summed E-state index contributed by atoms with van der Waals surface area (Å²) in [5, 5.41) is 3.23. The lowest BCUT2D eigenvalue weighted by molar-refractivity contribution is -0.254. The maximum Gasteiger partial charge on any atom is 0.414 e. The van der Waals surface area contributed by atoms with Crippen LogP contribution in [0, 0.1) is 0 Å². The Morgan fingerprint density at radius 2 is 2.06 bits per heavy atom. The molecule has 1 aliphatic carbocycles. The zero-order valence-electron chi connectivity index (χ0n) is 10.4. The molecule has 0 heterocycles. The standard InChI is InChI=1S/C11H20F3NO2/c1-4-5-15-8-6-9(10(8)16-3)17-7(2)11(12,13)14/h7-10,15H,4-6H2,1-3H3. The van der Waals surface area contributed by atoms with Crippen LogP contribution in [0.3, 0.4) is 0 Å². The van der Waals surface area contributed by atoms with Crippen LogP contribution in [0.15, 0.2) is 0 Å². The van der Waals surface area contributed by atoms with Crippen molar-refractivity contribution in [2.45, 2.75) is 57.2 Å². The maximum absolute atomic E-state index is 12.3. The molecule has 4 unspecified atom stereocenters. The summed E-state index contributed by atoms with van der Waals surface area (Å²) in [7, 11) is 1.50. The Hall–Kier alpha value is -0.330. The van der Waals surface area contributed by atoms with Crippen LogP contribution in [-0.4, -0.2) is 44.2 Å². The third-order valence-corrected chi connectivity index (χ3v) is 3.02. The molecule has 0 bridgehead atoms. The van der Waals surface area contributed by atoms with Crippen LogP contribution in [0.25, 0.3) is 0 Å². The summed E-state index contributed by atoms with van der Waals surface area (Å²) in [5.74, 6) is 0. The second-order valence-electron chi connectivity index (χ2n) is 4.36. The molecule has 0 aromatic rings. The summed E-state index contributed by atoms with van der Waals surface area (Å²) in [4.78, 5) is 0. The van der Waals surface area contributed by atoms with Crippen LogP contribution in [0.1, 0.15) is 26.7 Å². The molecule has 0 aromatic carbocycles. The highest BCUT2D eigenvalue weighted by atomic mass is 19.4. The van der Waals surface area contributed by atoms with Gasteiger partial charge in [0.15, 0.2) is 6.10 Å². The van der Waals surface area contributed by atoms with Gasteiger partial charge in [-0.1, -0.05) is 6.92 Å². The lowest BCUT2D eigenvalue weighted by atomic mass is 9.85. The minimum absolute atomic E-state index is 0.102. The molecule has 1 fully saturated rings. The van der Waals surface area contributed by atoms with E-state index < -0.39 is 18.4 Å². The van der Waals surface area contributed by atoms with Crippen LogP contribution >= 0.6 is 0 Å². The molecule has 6 heteroatoms. The Morgan fingerprint density at radius 3 is 2.53 bits per heavy atom. The summed E-state index contributed by atoms with van der Waals surface area (Å²) in [5.41, 5.74) is 0. The van der Waals surface area contributed by atoms with Gasteiger partial charge in [-0.05, 0) is 26.3 Å². The Kier molecular flexibility index (Phi) is 5.22. The Labute approximate surface area is 99.7 Å². The van der Waals surface area contributed by atoms with Gasteiger partial charge in [-0.3, -0.25) is 0 Å². The highest BCUT2D eigenvalue weighted by molar-refractivity contribution is 4.97. The predicted molar refractivity (Wildman–Crippen MR) is 57.9 cm³/mol. The molecule has 1 aliphatic rings. The number of alkyl halides is 3. The van der Waals surface area contributed by atoms with Gasteiger partial charge in [0, 0.05) is 13.2 Å². The molecule has 4 atom stereocenters. The summed E-state index contributed by atoms with van der Waals surface area (Å²) in [6.07, 6.45) is -5.24. The van der Waals surface area contributed by atoms with E-state index >= 15 is 0 Å². The fourth-order valence-electron chi connectivity index (χ4n) is 1.90. The van der Waals surface area contributed by atoms with Crippen molar-refractivity contribution in [1.29, 1.82) is 0 Å². The first-order valence-electron chi connectivity index (χ1n) is 5.88. The summed E-state index contributed by atoms with van der Waals surface area (Å²) in [6, 6.07) is 0.102. The van der Waals surface area contributed by atoms with Crippen molar-refractivity contribution in [1.82, 2.24) is 5.32 Å². The van der Waals surface area contributed by atoms with Crippen LogP contribution in [0.2, 0.25) is 0 Å². The van der Waals surface area contributed by atoms with Gasteiger partial charge in [-0.25, -0.2) is 0 Å². The first-order chi connectivity index (χ1) is 7.90. The second-order valence-corrected chi connectivity index (χ2v) is 4.36. The average molecular weight is 255 g/mol. The molecule has 3 nitrogen and oxygen atoms in total. The minimum atomic E-state index is -4.31. The van der Waals surface area contributed by atoms with Crippen molar-refractivity contribution in [3.05, 3.63) is 0 Å². The van der Waals surface area contributed by atoms with Crippen molar-refractivity contribution in [2.24, 2.45) is 0 Å². The van der Waals surface area contributed by atoms with Gasteiger partial charge >= 0.3 is 6.18 Å². The van der Waals surface area contributed by atoms with Crippen LogP contribution in [-0.2, 0) is 9.47 Å². The Morgan fingerprint density at radius 1 is 1.41 bits per heavy atom. The molecule has 1 rings (SSSR count). The zero-order chi connectivity index (χ0) is 13.1. The molecule has 1 saturated carbocycles. The van der Waals surface area contributed by atoms with Crippen LogP contribution in [0.5, 0.6) is 0 Å². The normalized spacial score (nSPS) is 31.1. The van der Waals surface area contributed by atoms with E-state index in [1.54, 1.807) is 0 Å². The van der Waals surface area contributed by atoms with Gasteiger partial charge in [0.2, 0.25) is 0 Å². The first kappa shape index (κ1) is 14.7. The van der Waals surface area contributed by atoms with E-state index in [4.69, 9.17) is 9.47 Å². The SMILES string of the molecule is CCCNC1CC(OC(C)C(F)(F)F)C1OC. The van der Waals surface area contributed by atoms with Crippen LogP contribution in [0.4, 0.5) is 13.2 Å². The summed E-state index contributed by atoms with van der Waals surface area (Å²) < 4.78 is 47.1. The molecule has 0 saturated heterocycles. The van der Waals surface area contributed by atoms with Crippen molar-refractivity contribution in [2.75, 3.05) is 13.7 Å². The highest BCUT2D eigenvalue weighted by Gasteiger charge is 2.46. The lowest BCUT2D eigenvalue weighted by Gasteiger charge is -2.44. The topological polar surface area (TPSA) is 30.5 Å². The third-order valence-electron chi connectivity index (χ3n) is 3.02. The van der Waals surface area contributed by atoms with Gasteiger partial charge in [0.05, 0.1) is 12.2 Å². The molecule has 102 valence electrons. The third kappa shape index (κ3) is 3.82. The van der Waals surface area contributed by atoms with Gasteiger partial charge in [-0.2, -0.15) is 13.2 Å². The van der Waals surface area contributed by atoms with E-state index in [2.05, 4.69) is 5.32 Å². The Bertz CT molecular complexity index is 235. The number of nitrogens with one attached hydrogen (secondary N) is 1. The molecule has 0 amide bonds. The molecular weight excluding hydrogens is 235 g/mol. The number of hydrogen-bond donors (Lipinski definition) is 1. The fraction of sp³-hybridized carbons (Fsp3) is 1.00. The number of methoxy groups -OCH3 is 1. The average Bonchev–Trinajstić information content (AvgIpc) is 2.21. The molecule has 0 aromatic heterocycles. The van der Waals surface area contributed by atoms with Gasteiger partial charge < -0.3 is 14.8 Å². The van der Waals surface area contributed by atoms with Crippen molar-refractivity contribution >= 4 is 0 Å². The largest absolute Gasteiger partial charge is 0.414 e. The van der Waals surface area contributed by atoms with Crippen molar-refractivity contribution < 1.29 is 22.6 Å². The molecular formula is C11H20F3NO2. The molecule has 0 aliphatic heterocycles. The molecule has 0 radical (unpaired) electrons. The first-order valence-corrected chi connectivity index (χ1v) is 5.88. The second kappa shape index (κ2) is 6.02. The number of halogens is 3. The molecule has 17 heavy (non-hydrogen) atoms. The summed E-state index contributed by atoms with van der Waals surface area (Å²) >= 11 is 0. The molecule has 1 N–H and O–H groups in total.